The monoisotopic (exact) mass is 259 g/mol. The molecule has 1 fully saturated rings. The second kappa shape index (κ2) is 4.97. The molecule has 0 spiro atoms. The molecular weight excluding hydrogens is 238 g/mol. The predicted octanol–water partition coefficient (Wildman–Crippen LogP) is 2.43. The van der Waals surface area contributed by atoms with Crippen LogP contribution in [0, 0.1) is 5.41 Å². The van der Waals surface area contributed by atoms with Gasteiger partial charge in [-0.1, -0.05) is 18.2 Å². The Morgan fingerprint density at radius 1 is 1.47 bits per heavy atom. The van der Waals surface area contributed by atoms with E-state index in [4.69, 9.17) is 4.74 Å². The summed E-state index contributed by atoms with van der Waals surface area (Å²) in [5, 5.41) is 0. The molecule has 3 nitrogen and oxygen atoms in total. The predicted molar refractivity (Wildman–Crippen MR) is 75.5 cm³/mol. The van der Waals surface area contributed by atoms with Crippen LogP contribution in [-0.2, 0) is 16.0 Å². The molecule has 1 saturated heterocycles. The van der Waals surface area contributed by atoms with Gasteiger partial charge in [0.25, 0.3) is 0 Å². The molecule has 0 aliphatic carbocycles. The van der Waals surface area contributed by atoms with Gasteiger partial charge in [0.15, 0.2) is 0 Å². The Morgan fingerprint density at radius 3 is 3.05 bits per heavy atom. The van der Waals surface area contributed by atoms with E-state index < -0.39 is 0 Å². The van der Waals surface area contributed by atoms with Gasteiger partial charge >= 0.3 is 0 Å². The molecule has 0 amide bonds. The molecule has 19 heavy (non-hydrogen) atoms. The van der Waals surface area contributed by atoms with Crippen LogP contribution in [0.1, 0.15) is 25.3 Å². The van der Waals surface area contributed by atoms with Crippen molar-refractivity contribution < 1.29 is 9.53 Å². The van der Waals surface area contributed by atoms with Crippen LogP contribution in [-0.4, -0.2) is 32.1 Å². The molecule has 2 heterocycles. The SMILES string of the molecule is CC1CCc2ccccc2N1CC1(C=O)CCOC1. The molecular formula is C16H21NO2. The molecule has 3 rings (SSSR count). The van der Waals surface area contributed by atoms with Crippen LogP contribution in [0.15, 0.2) is 24.3 Å². The number of aryl methyl sites for hydroxylation is 1. The van der Waals surface area contributed by atoms with Crippen LogP contribution >= 0.6 is 0 Å². The molecule has 2 atom stereocenters. The van der Waals surface area contributed by atoms with Crippen LogP contribution < -0.4 is 4.90 Å². The summed E-state index contributed by atoms with van der Waals surface area (Å²) in [5.74, 6) is 0. The van der Waals surface area contributed by atoms with Crippen LogP contribution in [0.5, 0.6) is 0 Å². The van der Waals surface area contributed by atoms with Crippen LogP contribution in [0.4, 0.5) is 5.69 Å². The normalized spacial score (nSPS) is 30.2. The fraction of sp³-hybridized carbons (Fsp3) is 0.562. The van der Waals surface area contributed by atoms with Crippen molar-refractivity contribution in [3.05, 3.63) is 29.8 Å². The number of ether oxygens (including phenoxy) is 1. The summed E-state index contributed by atoms with van der Waals surface area (Å²) in [6, 6.07) is 9.06. The first kappa shape index (κ1) is 12.7. The molecule has 0 aromatic heterocycles. The highest BCUT2D eigenvalue weighted by atomic mass is 16.5. The van der Waals surface area contributed by atoms with E-state index in [-0.39, 0.29) is 5.41 Å². The average Bonchev–Trinajstić information content (AvgIpc) is 2.91. The smallest absolute Gasteiger partial charge is 0.130 e. The number of hydrogen-bond acceptors (Lipinski definition) is 3. The van der Waals surface area contributed by atoms with E-state index in [0.717, 1.165) is 32.1 Å². The molecule has 2 aliphatic rings. The zero-order valence-corrected chi connectivity index (χ0v) is 11.5. The number of fused-ring (bicyclic) bond motifs is 1. The summed E-state index contributed by atoms with van der Waals surface area (Å²) >= 11 is 0. The Bertz CT molecular complexity index is 466. The quantitative estimate of drug-likeness (QED) is 0.781. The fourth-order valence-corrected chi connectivity index (χ4v) is 3.22. The highest BCUT2D eigenvalue weighted by Gasteiger charge is 2.38. The van der Waals surface area contributed by atoms with Gasteiger partial charge < -0.3 is 14.4 Å². The van der Waals surface area contributed by atoms with E-state index in [1.54, 1.807) is 0 Å². The van der Waals surface area contributed by atoms with Crippen molar-refractivity contribution in [1.29, 1.82) is 0 Å². The highest BCUT2D eigenvalue weighted by Crippen LogP contribution is 2.35. The third-order valence-electron chi connectivity index (χ3n) is 4.53. The lowest BCUT2D eigenvalue weighted by atomic mass is 9.86. The number of hydrogen-bond donors (Lipinski definition) is 0. The maximum Gasteiger partial charge on any atom is 0.130 e. The zero-order chi connectivity index (χ0) is 13.3. The Kier molecular flexibility index (Phi) is 3.31. The molecule has 2 unspecified atom stereocenters. The van der Waals surface area contributed by atoms with Gasteiger partial charge in [0.1, 0.15) is 6.29 Å². The van der Waals surface area contributed by atoms with Gasteiger partial charge in [-0.3, -0.25) is 0 Å². The molecule has 0 bridgehead atoms. The van der Waals surface area contributed by atoms with Crippen molar-refractivity contribution in [2.45, 2.75) is 32.2 Å². The number of aldehydes is 1. The van der Waals surface area contributed by atoms with E-state index in [9.17, 15) is 4.79 Å². The Hall–Kier alpha value is -1.35. The van der Waals surface area contributed by atoms with E-state index in [1.165, 1.54) is 11.3 Å². The van der Waals surface area contributed by atoms with Gasteiger partial charge in [0.2, 0.25) is 0 Å². The lowest BCUT2D eigenvalue weighted by Gasteiger charge is -2.40. The van der Waals surface area contributed by atoms with Gasteiger partial charge in [-0.25, -0.2) is 0 Å². The first-order valence-electron chi connectivity index (χ1n) is 7.13. The maximum absolute atomic E-state index is 11.5. The number of nitrogens with zero attached hydrogens (tertiary/aromatic N) is 1. The Labute approximate surface area is 114 Å². The number of anilines is 1. The van der Waals surface area contributed by atoms with E-state index in [1.807, 2.05) is 0 Å². The largest absolute Gasteiger partial charge is 0.380 e. The first-order chi connectivity index (χ1) is 9.24. The van der Waals surface area contributed by atoms with Crippen molar-refractivity contribution in [1.82, 2.24) is 0 Å². The number of rotatable bonds is 3. The van der Waals surface area contributed by atoms with Gasteiger partial charge in [-0.2, -0.15) is 0 Å². The minimum Gasteiger partial charge on any atom is -0.380 e. The third kappa shape index (κ3) is 2.27. The number of para-hydroxylation sites is 1. The lowest BCUT2D eigenvalue weighted by molar-refractivity contribution is -0.115. The highest BCUT2D eigenvalue weighted by molar-refractivity contribution is 5.64. The van der Waals surface area contributed by atoms with Crippen molar-refractivity contribution in [2.75, 3.05) is 24.7 Å². The second-order valence-electron chi connectivity index (χ2n) is 5.93. The maximum atomic E-state index is 11.5. The van der Waals surface area contributed by atoms with Crippen molar-refractivity contribution in [3.63, 3.8) is 0 Å². The van der Waals surface area contributed by atoms with Crippen LogP contribution in [0.3, 0.4) is 0 Å². The average molecular weight is 259 g/mol. The van der Waals surface area contributed by atoms with Gasteiger partial charge in [-0.05, 0) is 37.8 Å². The number of carbonyl (C=O) groups is 1. The van der Waals surface area contributed by atoms with Gasteiger partial charge in [-0.15, -0.1) is 0 Å². The standard InChI is InChI=1S/C16H21NO2/c1-13-6-7-14-4-2-3-5-15(14)17(13)10-16(11-18)8-9-19-12-16/h2-5,11,13H,6-10,12H2,1H3. The second-order valence-corrected chi connectivity index (χ2v) is 5.93. The van der Waals surface area contributed by atoms with Gasteiger partial charge in [0.05, 0.1) is 12.0 Å². The fourth-order valence-electron chi connectivity index (χ4n) is 3.22. The summed E-state index contributed by atoms with van der Waals surface area (Å²) < 4.78 is 5.46. The van der Waals surface area contributed by atoms with Crippen LogP contribution in [0.25, 0.3) is 0 Å². The summed E-state index contributed by atoms with van der Waals surface area (Å²) in [5.41, 5.74) is 2.40. The minimum absolute atomic E-state index is 0.307. The molecule has 0 radical (unpaired) electrons. The summed E-state index contributed by atoms with van der Waals surface area (Å²) in [4.78, 5) is 13.9. The summed E-state index contributed by atoms with van der Waals surface area (Å²) in [7, 11) is 0. The molecule has 102 valence electrons. The first-order valence-corrected chi connectivity index (χ1v) is 7.13. The lowest BCUT2D eigenvalue weighted by Crippen LogP contribution is -2.46. The van der Waals surface area contributed by atoms with E-state index in [2.05, 4.69) is 36.1 Å². The molecule has 0 saturated carbocycles. The molecule has 1 aromatic carbocycles. The van der Waals surface area contributed by atoms with Crippen LogP contribution in [0.2, 0.25) is 0 Å². The summed E-state index contributed by atoms with van der Waals surface area (Å²) in [6.45, 7) is 4.32. The zero-order valence-electron chi connectivity index (χ0n) is 11.5. The molecule has 0 N–H and O–H groups in total. The Balaban J connectivity index is 1.89. The molecule has 2 aliphatic heterocycles. The van der Waals surface area contributed by atoms with E-state index in [0.29, 0.717) is 19.3 Å². The number of carbonyl (C=O) groups excluding carboxylic acids is 1. The summed E-state index contributed by atoms with van der Waals surface area (Å²) in [6.07, 6.45) is 4.26. The molecule has 3 heteroatoms. The number of benzene rings is 1. The minimum atomic E-state index is -0.307. The topological polar surface area (TPSA) is 29.5 Å². The molecule has 1 aromatic rings. The Morgan fingerprint density at radius 2 is 2.32 bits per heavy atom. The van der Waals surface area contributed by atoms with Crippen molar-refractivity contribution >= 4 is 12.0 Å². The van der Waals surface area contributed by atoms with Gasteiger partial charge in [0, 0.05) is 24.9 Å². The van der Waals surface area contributed by atoms with Crippen molar-refractivity contribution in [3.8, 4) is 0 Å². The van der Waals surface area contributed by atoms with Crippen molar-refractivity contribution in [2.24, 2.45) is 5.41 Å². The van der Waals surface area contributed by atoms with E-state index >= 15 is 0 Å². The third-order valence-corrected chi connectivity index (χ3v) is 4.53.